The number of carboxylic acids is 1. The molecule has 0 radical (unpaired) electrons. The summed E-state index contributed by atoms with van der Waals surface area (Å²) in [5, 5.41) is 10.1. The molecule has 1 aliphatic carbocycles. The van der Waals surface area contributed by atoms with Crippen molar-refractivity contribution in [1.82, 2.24) is 15.0 Å². The summed E-state index contributed by atoms with van der Waals surface area (Å²) >= 11 is 1.53. The molecule has 2 heterocycles. The SMILES string of the molecule is O=C(O)CC1(Cc2nc3nccnc3s2)CCCC1. The number of hydrogen-bond acceptors (Lipinski definition) is 5. The molecule has 0 bridgehead atoms. The highest BCUT2D eigenvalue weighted by Gasteiger charge is 2.37. The largest absolute Gasteiger partial charge is 0.481 e. The molecule has 0 saturated heterocycles. The molecule has 0 atom stereocenters. The molecule has 1 aliphatic rings. The Labute approximate surface area is 114 Å². The lowest BCUT2D eigenvalue weighted by molar-refractivity contribution is -0.139. The average Bonchev–Trinajstić information content (AvgIpc) is 2.94. The van der Waals surface area contributed by atoms with Crippen LogP contribution in [0.15, 0.2) is 12.4 Å². The first-order valence-corrected chi connectivity index (χ1v) is 7.27. The molecule has 2 aromatic heterocycles. The van der Waals surface area contributed by atoms with Crippen LogP contribution in [0, 0.1) is 5.41 Å². The third kappa shape index (κ3) is 2.58. The van der Waals surface area contributed by atoms with E-state index in [0.717, 1.165) is 41.9 Å². The predicted molar refractivity (Wildman–Crippen MR) is 72.1 cm³/mol. The Hall–Kier alpha value is -1.56. The zero-order valence-electron chi connectivity index (χ0n) is 10.5. The molecule has 2 aromatic rings. The van der Waals surface area contributed by atoms with Gasteiger partial charge < -0.3 is 5.11 Å². The molecule has 1 saturated carbocycles. The van der Waals surface area contributed by atoms with E-state index in [4.69, 9.17) is 5.11 Å². The van der Waals surface area contributed by atoms with Crippen LogP contribution in [0.25, 0.3) is 10.5 Å². The molecule has 5 nitrogen and oxygen atoms in total. The summed E-state index contributed by atoms with van der Waals surface area (Å²) in [4.78, 5) is 24.8. The van der Waals surface area contributed by atoms with E-state index in [1.165, 1.54) is 11.3 Å². The summed E-state index contributed by atoms with van der Waals surface area (Å²) in [6.45, 7) is 0. The number of aliphatic carboxylic acids is 1. The van der Waals surface area contributed by atoms with E-state index in [1.54, 1.807) is 12.4 Å². The van der Waals surface area contributed by atoms with Crippen LogP contribution in [0.3, 0.4) is 0 Å². The van der Waals surface area contributed by atoms with Crippen LogP contribution in [-0.4, -0.2) is 26.0 Å². The van der Waals surface area contributed by atoms with Gasteiger partial charge in [-0.2, -0.15) is 0 Å². The summed E-state index contributed by atoms with van der Waals surface area (Å²) in [5.74, 6) is -0.709. The molecule has 0 spiro atoms. The summed E-state index contributed by atoms with van der Waals surface area (Å²) in [5.41, 5.74) is 0.561. The van der Waals surface area contributed by atoms with E-state index in [0.29, 0.717) is 5.65 Å². The third-order valence-electron chi connectivity index (χ3n) is 3.81. The second-order valence-corrected chi connectivity index (χ2v) is 6.31. The Kier molecular flexibility index (Phi) is 3.18. The molecule has 0 unspecified atom stereocenters. The molecule has 1 fully saturated rings. The molecular formula is C13H15N3O2S. The number of hydrogen-bond donors (Lipinski definition) is 1. The zero-order valence-corrected chi connectivity index (χ0v) is 11.3. The van der Waals surface area contributed by atoms with Crippen LogP contribution in [0.5, 0.6) is 0 Å². The van der Waals surface area contributed by atoms with E-state index in [9.17, 15) is 4.79 Å². The number of carboxylic acid groups (broad SMARTS) is 1. The maximum atomic E-state index is 11.1. The number of thiazole rings is 1. The monoisotopic (exact) mass is 277 g/mol. The van der Waals surface area contributed by atoms with Crippen molar-refractivity contribution in [2.75, 3.05) is 0 Å². The highest BCUT2D eigenvalue weighted by atomic mass is 32.1. The van der Waals surface area contributed by atoms with Crippen LogP contribution in [-0.2, 0) is 11.2 Å². The van der Waals surface area contributed by atoms with E-state index in [1.807, 2.05) is 0 Å². The Bertz CT molecular complexity index is 572. The minimum atomic E-state index is -0.709. The van der Waals surface area contributed by atoms with Gasteiger partial charge in [0.25, 0.3) is 0 Å². The van der Waals surface area contributed by atoms with Crippen LogP contribution < -0.4 is 0 Å². The van der Waals surface area contributed by atoms with E-state index in [-0.39, 0.29) is 11.8 Å². The van der Waals surface area contributed by atoms with Crippen LogP contribution in [0.4, 0.5) is 0 Å². The van der Waals surface area contributed by atoms with Crippen molar-refractivity contribution in [3.63, 3.8) is 0 Å². The van der Waals surface area contributed by atoms with Crippen molar-refractivity contribution in [2.24, 2.45) is 5.41 Å². The predicted octanol–water partition coefficient (Wildman–Crippen LogP) is 2.66. The first-order valence-electron chi connectivity index (χ1n) is 6.45. The van der Waals surface area contributed by atoms with Gasteiger partial charge in [0.2, 0.25) is 0 Å². The maximum absolute atomic E-state index is 11.1. The summed E-state index contributed by atoms with van der Waals surface area (Å²) in [7, 11) is 0. The lowest BCUT2D eigenvalue weighted by Gasteiger charge is -2.25. The van der Waals surface area contributed by atoms with Gasteiger partial charge in [0.05, 0.1) is 11.4 Å². The van der Waals surface area contributed by atoms with Crippen molar-refractivity contribution < 1.29 is 9.90 Å². The number of nitrogens with zero attached hydrogens (tertiary/aromatic N) is 3. The first-order chi connectivity index (χ1) is 9.17. The Morgan fingerprint density at radius 2 is 2.05 bits per heavy atom. The number of rotatable bonds is 4. The van der Waals surface area contributed by atoms with Gasteiger partial charge in [-0.25, -0.2) is 15.0 Å². The van der Waals surface area contributed by atoms with Gasteiger partial charge in [0.1, 0.15) is 0 Å². The van der Waals surface area contributed by atoms with E-state index < -0.39 is 5.97 Å². The molecular weight excluding hydrogens is 262 g/mol. The van der Waals surface area contributed by atoms with Crippen molar-refractivity contribution in [2.45, 2.75) is 38.5 Å². The second kappa shape index (κ2) is 4.85. The fraction of sp³-hybridized carbons (Fsp3) is 0.538. The van der Waals surface area contributed by atoms with Gasteiger partial charge in [-0.3, -0.25) is 4.79 Å². The lowest BCUT2D eigenvalue weighted by atomic mass is 9.80. The Balaban J connectivity index is 1.87. The molecule has 0 aliphatic heterocycles. The Morgan fingerprint density at radius 1 is 1.32 bits per heavy atom. The standard InChI is InChI=1S/C13H15N3O2S/c17-10(18)8-13(3-1-2-4-13)7-9-16-11-12(19-9)15-6-5-14-11/h5-6H,1-4,7-8H2,(H,17,18). The van der Waals surface area contributed by atoms with E-state index >= 15 is 0 Å². The first kappa shape index (κ1) is 12.5. The molecule has 100 valence electrons. The van der Waals surface area contributed by atoms with Gasteiger partial charge >= 0.3 is 5.97 Å². The van der Waals surface area contributed by atoms with Crippen molar-refractivity contribution in [1.29, 1.82) is 0 Å². The van der Waals surface area contributed by atoms with Gasteiger partial charge in [0, 0.05) is 18.8 Å². The quantitative estimate of drug-likeness (QED) is 0.929. The van der Waals surface area contributed by atoms with Gasteiger partial charge in [0.15, 0.2) is 10.5 Å². The summed E-state index contributed by atoms with van der Waals surface area (Å²) < 4.78 is 0. The highest BCUT2D eigenvalue weighted by molar-refractivity contribution is 7.18. The molecule has 6 heteroatoms. The normalized spacial score (nSPS) is 17.9. The number of carbonyl (C=O) groups is 1. The van der Waals surface area contributed by atoms with Crippen LogP contribution in [0.1, 0.15) is 37.1 Å². The van der Waals surface area contributed by atoms with Gasteiger partial charge in [-0.15, -0.1) is 0 Å². The van der Waals surface area contributed by atoms with E-state index in [2.05, 4.69) is 15.0 Å². The van der Waals surface area contributed by atoms with Crippen LogP contribution >= 0.6 is 11.3 Å². The number of fused-ring (bicyclic) bond motifs is 1. The fourth-order valence-electron chi connectivity index (χ4n) is 2.98. The van der Waals surface area contributed by atoms with Gasteiger partial charge in [-0.05, 0) is 18.3 Å². The molecule has 0 aromatic carbocycles. The Morgan fingerprint density at radius 3 is 2.74 bits per heavy atom. The van der Waals surface area contributed by atoms with Crippen molar-refractivity contribution >= 4 is 27.8 Å². The lowest BCUT2D eigenvalue weighted by Crippen LogP contribution is -2.23. The summed E-state index contributed by atoms with van der Waals surface area (Å²) in [6, 6.07) is 0. The van der Waals surface area contributed by atoms with Crippen molar-refractivity contribution in [3.8, 4) is 0 Å². The number of aromatic nitrogens is 3. The molecule has 19 heavy (non-hydrogen) atoms. The minimum absolute atomic E-state index is 0.111. The van der Waals surface area contributed by atoms with Gasteiger partial charge in [-0.1, -0.05) is 24.2 Å². The third-order valence-corrected chi connectivity index (χ3v) is 4.76. The average molecular weight is 277 g/mol. The molecule has 3 rings (SSSR count). The molecule has 1 N–H and O–H groups in total. The highest BCUT2D eigenvalue weighted by Crippen LogP contribution is 2.44. The van der Waals surface area contributed by atoms with Crippen LogP contribution in [0.2, 0.25) is 0 Å². The smallest absolute Gasteiger partial charge is 0.303 e. The minimum Gasteiger partial charge on any atom is -0.481 e. The summed E-state index contributed by atoms with van der Waals surface area (Å²) in [6.07, 6.45) is 8.47. The molecule has 0 amide bonds. The second-order valence-electron chi connectivity index (χ2n) is 5.25. The van der Waals surface area contributed by atoms with Crippen molar-refractivity contribution in [3.05, 3.63) is 17.4 Å². The fourth-order valence-corrected chi connectivity index (χ4v) is 4.01. The zero-order chi connectivity index (χ0) is 13.3. The maximum Gasteiger partial charge on any atom is 0.303 e. The topological polar surface area (TPSA) is 76.0 Å².